The lowest BCUT2D eigenvalue weighted by atomic mass is 9.90. The van der Waals surface area contributed by atoms with Crippen LogP contribution in [0, 0.1) is 11.6 Å². The molecule has 2 aromatic rings. The van der Waals surface area contributed by atoms with Gasteiger partial charge in [0.1, 0.15) is 29.9 Å². The summed E-state index contributed by atoms with van der Waals surface area (Å²) >= 11 is 0. The van der Waals surface area contributed by atoms with E-state index in [0.717, 1.165) is 19.3 Å². The molecule has 4 nitrogen and oxygen atoms in total. The molecule has 27 heavy (non-hydrogen) atoms. The summed E-state index contributed by atoms with van der Waals surface area (Å²) in [4.78, 5) is 15.0. The summed E-state index contributed by atoms with van der Waals surface area (Å²) in [5.74, 6) is -1.42. The van der Waals surface area contributed by atoms with Gasteiger partial charge in [0.2, 0.25) is 5.91 Å². The smallest absolute Gasteiger partial charge is 0.233 e. The number of carbonyl (C=O) groups is 1. The first kappa shape index (κ1) is 17.9. The molecule has 1 amide bonds. The van der Waals surface area contributed by atoms with Crippen molar-refractivity contribution in [1.29, 1.82) is 0 Å². The molecular formula is C21H22F2N2O2. The molecule has 2 N–H and O–H groups in total. The third-order valence-electron chi connectivity index (χ3n) is 5.43. The summed E-state index contributed by atoms with van der Waals surface area (Å²) in [6.45, 7) is 1.43. The molecule has 2 aliphatic heterocycles. The first-order valence-corrected chi connectivity index (χ1v) is 9.30. The highest BCUT2D eigenvalue weighted by molar-refractivity contribution is 5.89. The van der Waals surface area contributed by atoms with Crippen molar-refractivity contribution < 1.29 is 18.3 Å². The van der Waals surface area contributed by atoms with Crippen molar-refractivity contribution in [2.75, 3.05) is 19.7 Å². The van der Waals surface area contributed by atoms with Gasteiger partial charge in [-0.3, -0.25) is 4.79 Å². The summed E-state index contributed by atoms with van der Waals surface area (Å²) in [6, 6.07) is 8.96. The molecule has 2 heterocycles. The normalized spacial score (nSPS) is 22.1. The number of fused-ring (bicyclic) bond motifs is 1. The molecule has 2 aliphatic rings. The largest absolute Gasteiger partial charge is 0.492 e. The Morgan fingerprint density at radius 2 is 1.81 bits per heavy atom. The van der Waals surface area contributed by atoms with Crippen molar-refractivity contribution in [1.82, 2.24) is 4.90 Å². The highest BCUT2D eigenvalue weighted by Gasteiger charge is 2.37. The SMILES string of the molecule is N[C@H]1CCCN(C(=O)C2COc3cccc(-c4c(F)cccc4F)c32)CC1. The molecule has 1 fully saturated rings. The van der Waals surface area contributed by atoms with Crippen molar-refractivity contribution in [2.45, 2.75) is 31.2 Å². The molecule has 0 bridgehead atoms. The zero-order valence-electron chi connectivity index (χ0n) is 15.0. The van der Waals surface area contributed by atoms with E-state index < -0.39 is 17.6 Å². The Labute approximate surface area is 156 Å². The zero-order valence-corrected chi connectivity index (χ0v) is 15.0. The third-order valence-corrected chi connectivity index (χ3v) is 5.43. The topological polar surface area (TPSA) is 55.6 Å². The minimum Gasteiger partial charge on any atom is -0.492 e. The Balaban J connectivity index is 1.72. The predicted molar refractivity (Wildman–Crippen MR) is 98.4 cm³/mol. The fraction of sp³-hybridized carbons (Fsp3) is 0.381. The molecule has 6 heteroatoms. The molecule has 0 saturated carbocycles. The Hall–Kier alpha value is -2.47. The van der Waals surface area contributed by atoms with Crippen LogP contribution in [-0.2, 0) is 4.79 Å². The minimum atomic E-state index is -0.651. The Morgan fingerprint density at radius 1 is 1.07 bits per heavy atom. The van der Waals surface area contributed by atoms with Crippen molar-refractivity contribution in [3.63, 3.8) is 0 Å². The van der Waals surface area contributed by atoms with Gasteiger partial charge in [0, 0.05) is 24.7 Å². The number of nitrogens with zero attached hydrogens (tertiary/aromatic N) is 1. The zero-order chi connectivity index (χ0) is 19.0. The molecule has 4 rings (SSSR count). The first-order valence-electron chi connectivity index (χ1n) is 9.30. The van der Waals surface area contributed by atoms with E-state index in [1.807, 2.05) is 4.90 Å². The highest BCUT2D eigenvalue weighted by Crippen LogP contribution is 2.43. The molecule has 0 spiro atoms. The number of rotatable bonds is 2. The molecule has 0 aromatic heterocycles. The first-order chi connectivity index (χ1) is 13.1. The van der Waals surface area contributed by atoms with Gasteiger partial charge in [-0.2, -0.15) is 0 Å². The molecule has 0 aliphatic carbocycles. The van der Waals surface area contributed by atoms with Gasteiger partial charge in [-0.25, -0.2) is 8.78 Å². The van der Waals surface area contributed by atoms with E-state index >= 15 is 0 Å². The number of benzene rings is 2. The molecule has 2 aromatic carbocycles. The number of hydrogen-bond donors (Lipinski definition) is 1. The monoisotopic (exact) mass is 372 g/mol. The lowest BCUT2D eigenvalue weighted by molar-refractivity contribution is -0.133. The van der Waals surface area contributed by atoms with Crippen LogP contribution in [0.2, 0.25) is 0 Å². The summed E-state index contributed by atoms with van der Waals surface area (Å²) in [5.41, 5.74) is 6.85. The van der Waals surface area contributed by atoms with Gasteiger partial charge in [-0.1, -0.05) is 18.2 Å². The van der Waals surface area contributed by atoms with Gasteiger partial charge < -0.3 is 15.4 Å². The van der Waals surface area contributed by atoms with Crippen LogP contribution in [0.3, 0.4) is 0 Å². The van der Waals surface area contributed by atoms with E-state index in [2.05, 4.69) is 0 Å². The fourth-order valence-corrected chi connectivity index (χ4v) is 4.02. The van der Waals surface area contributed by atoms with Crippen LogP contribution in [0.4, 0.5) is 8.78 Å². The average molecular weight is 372 g/mol. The Morgan fingerprint density at radius 3 is 2.59 bits per heavy atom. The van der Waals surface area contributed by atoms with Crippen LogP contribution in [0.15, 0.2) is 36.4 Å². The number of amides is 1. The van der Waals surface area contributed by atoms with Gasteiger partial charge in [0.25, 0.3) is 0 Å². The Kier molecular flexibility index (Phi) is 4.83. The summed E-state index contributed by atoms with van der Waals surface area (Å²) < 4.78 is 34.5. The van der Waals surface area contributed by atoms with Crippen LogP contribution in [0.1, 0.15) is 30.7 Å². The van der Waals surface area contributed by atoms with E-state index in [0.29, 0.717) is 30.0 Å². The number of hydrogen-bond acceptors (Lipinski definition) is 3. The summed E-state index contributed by atoms with van der Waals surface area (Å²) in [7, 11) is 0. The second-order valence-corrected chi connectivity index (χ2v) is 7.19. The van der Waals surface area contributed by atoms with E-state index in [1.54, 1.807) is 18.2 Å². The molecular weight excluding hydrogens is 350 g/mol. The van der Waals surface area contributed by atoms with E-state index in [4.69, 9.17) is 10.5 Å². The van der Waals surface area contributed by atoms with Gasteiger partial charge in [-0.05, 0) is 43.0 Å². The van der Waals surface area contributed by atoms with Crippen molar-refractivity contribution in [3.05, 3.63) is 53.6 Å². The van der Waals surface area contributed by atoms with Gasteiger partial charge in [0.05, 0.1) is 5.56 Å². The quantitative estimate of drug-likeness (QED) is 0.879. The molecule has 1 unspecified atom stereocenters. The summed E-state index contributed by atoms with van der Waals surface area (Å²) in [5, 5.41) is 0. The minimum absolute atomic E-state index is 0.0629. The lowest BCUT2D eigenvalue weighted by Gasteiger charge is -2.24. The average Bonchev–Trinajstić information content (AvgIpc) is 2.97. The van der Waals surface area contributed by atoms with Crippen LogP contribution in [0.5, 0.6) is 5.75 Å². The van der Waals surface area contributed by atoms with Crippen LogP contribution < -0.4 is 10.5 Å². The fourth-order valence-electron chi connectivity index (χ4n) is 4.02. The van der Waals surface area contributed by atoms with Crippen LogP contribution in [-0.4, -0.2) is 36.5 Å². The number of ether oxygens (including phenoxy) is 1. The van der Waals surface area contributed by atoms with Gasteiger partial charge >= 0.3 is 0 Å². The number of nitrogens with two attached hydrogens (primary N) is 1. The van der Waals surface area contributed by atoms with Crippen molar-refractivity contribution in [2.24, 2.45) is 5.73 Å². The second kappa shape index (κ2) is 7.27. The van der Waals surface area contributed by atoms with Crippen LogP contribution >= 0.6 is 0 Å². The standard InChI is InChI=1S/C21H22F2N2O2/c22-16-6-2-7-17(23)20(16)14-5-1-8-18-19(14)15(12-27-18)21(26)25-10-3-4-13(24)9-11-25/h1-2,5-8,13,15H,3-4,9-12,24H2/t13-,15?/m0/s1. The summed E-state index contributed by atoms with van der Waals surface area (Å²) in [6.07, 6.45) is 2.51. The second-order valence-electron chi connectivity index (χ2n) is 7.19. The molecule has 2 atom stereocenters. The Bertz CT molecular complexity index is 851. The molecule has 0 radical (unpaired) electrons. The molecule has 1 saturated heterocycles. The predicted octanol–water partition coefficient (Wildman–Crippen LogP) is 3.45. The number of halogens is 2. The van der Waals surface area contributed by atoms with Crippen molar-refractivity contribution >= 4 is 5.91 Å². The van der Waals surface area contributed by atoms with E-state index in [-0.39, 0.29) is 24.1 Å². The maximum Gasteiger partial charge on any atom is 0.233 e. The number of carbonyl (C=O) groups excluding carboxylic acids is 1. The maximum atomic E-state index is 14.4. The lowest BCUT2D eigenvalue weighted by Crippen LogP contribution is -2.37. The molecule has 142 valence electrons. The van der Waals surface area contributed by atoms with E-state index in [9.17, 15) is 13.6 Å². The van der Waals surface area contributed by atoms with Crippen LogP contribution in [0.25, 0.3) is 11.1 Å². The maximum absolute atomic E-state index is 14.4. The number of likely N-dealkylation sites (tertiary alicyclic amines) is 1. The van der Waals surface area contributed by atoms with E-state index in [1.165, 1.54) is 18.2 Å². The van der Waals surface area contributed by atoms with Gasteiger partial charge in [-0.15, -0.1) is 0 Å². The van der Waals surface area contributed by atoms with Gasteiger partial charge in [0.15, 0.2) is 0 Å². The van der Waals surface area contributed by atoms with Crippen molar-refractivity contribution in [3.8, 4) is 16.9 Å². The third kappa shape index (κ3) is 3.30. The highest BCUT2D eigenvalue weighted by atomic mass is 19.1.